The van der Waals surface area contributed by atoms with Crippen LogP contribution in [0.25, 0.3) is 0 Å². The highest BCUT2D eigenvalue weighted by molar-refractivity contribution is 7.89. The second kappa shape index (κ2) is 8.23. The number of H-pyrrole nitrogens is 1. The molecule has 0 aliphatic carbocycles. The highest BCUT2D eigenvalue weighted by Crippen LogP contribution is 2.12. The van der Waals surface area contributed by atoms with Crippen molar-refractivity contribution in [3.63, 3.8) is 0 Å². The molecule has 1 saturated heterocycles. The molecule has 1 amide bonds. The van der Waals surface area contributed by atoms with Crippen LogP contribution in [-0.2, 0) is 23.1 Å². The van der Waals surface area contributed by atoms with E-state index in [4.69, 9.17) is 5.14 Å². The van der Waals surface area contributed by atoms with Crippen LogP contribution in [-0.4, -0.2) is 48.5 Å². The van der Waals surface area contributed by atoms with E-state index in [1.54, 1.807) is 6.07 Å². The topological polar surface area (TPSA) is 146 Å². The van der Waals surface area contributed by atoms with Crippen molar-refractivity contribution >= 4 is 15.9 Å². The van der Waals surface area contributed by atoms with Crippen LogP contribution in [0.3, 0.4) is 0 Å². The molecule has 10 heteroatoms. The van der Waals surface area contributed by atoms with Gasteiger partial charge in [-0.25, -0.2) is 13.6 Å². The van der Waals surface area contributed by atoms with Crippen LogP contribution in [0.4, 0.5) is 0 Å². The summed E-state index contributed by atoms with van der Waals surface area (Å²) in [4.78, 5) is 29.2. The third-order valence-corrected chi connectivity index (χ3v) is 5.49. The van der Waals surface area contributed by atoms with Gasteiger partial charge in [0.2, 0.25) is 10.0 Å². The van der Waals surface area contributed by atoms with Gasteiger partial charge >= 0.3 is 0 Å². The maximum atomic E-state index is 12.3. The Balaban J connectivity index is 1.60. The van der Waals surface area contributed by atoms with E-state index in [9.17, 15) is 23.1 Å². The number of carbonyl (C=O) groups excluding carboxylic acids is 1. The van der Waals surface area contributed by atoms with Gasteiger partial charge in [0.1, 0.15) is 5.56 Å². The van der Waals surface area contributed by atoms with Gasteiger partial charge in [-0.1, -0.05) is 12.1 Å². The fourth-order valence-electron chi connectivity index (χ4n) is 3.06. The summed E-state index contributed by atoms with van der Waals surface area (Å²) in [6, 6.07) is 8.94. The number of β-amino-alcohol motifs (C(OH)–C–C–N with tert-alkyl or cyclic N) is 1. The normalized spacial score (nSPS) is 17.6. The van der Waals surface area contributed by atoms with E-state index in [0.29, 0.717) is 30.8 Å². The molecule has 3 rings (SSSR count). The Morgan fingerprint density at radius 1 is 1.25 bits per heavy atom. The monoisotopic (exact) mass is 406 g/mol. The van der Waals surface area contributed by atoms with Gasteiger partial charge in [0.25, 0.3) is 11.5 Å². The Hall–Kier alpha value is -2.53. The second-order valence-corrected chi connectivity index (χ2v) is 8.34. The number of pyridine rings is 1. The molecular formula is C18H22N4O5S. The van der Waals surface area contributed by atoms with Crippen LogP contribution in [0.5, 0.6) is 0 Å². The lowest BCUT2D eigenvalue weighted by molar-refractivity contribution is 0.0949. The summed E-state index contributed by atoms with van der Waals surface area (Å²) in [5.41, 5.74) is 0.848. The molecule has 150 valence electrons. The van der Waals surface area contributed by atoms with E-state index in [1.165, 1.54) is 30.3 Å². The number of nitrogens with two attached hydrogens (primary N) is 1. The van der Waals surface area contributed by atoms with E-state index >= 15 is 0 Å². The first-order valence-electron chi connectivity index (χ1n) is 8.75. The highest BCUT2D eigenvalue weighted by Gasteiger charge is 2.20. The summed E-state index contributed by atoms with van der Waals surface area (Å²) in [5.74, 6) is -0.528. The number of nitrogens with zero attached hydrogens (tertiary/aromatic N) is 1. The van der Waals surface area contributed by atoms with Gasteiger partial charge in [0.15, 0.2) is 0 Å². The SMILES string of the molecule is NS(=O)(=O)c1ccc(CNC(=O)c2ccc(CN3CC[C@@H](O)C3)[nH]c2=O)cc1. The van der Waals surface area contributed by atoms with Crippen molar-refractivity contribution in [1.29, 1.82) is 0 Å². The Bertz CT molecular complexity index is 1020. The first-order valence-corrected chi connectivity index (χ1v) is 10.3. The Morgan fingerprint density at radius 3 is 2.54 bits per heavy atom. The van der Waals surface area contributed by atoms with Crippen molar-refractivity contribution in [2.24, 2.45) is 5.14 Å². The molecule has 28 heavy (non-hydrogen) atoms. The van der Waals surface area contributed by atoms with Crippen LogP contribution >= 0.6 is 0 Å². The number of rotatable bonds is 6. The summed E-state index contributed by atoms with van der Waals surface area (Å²) < 4.78 is 22.5. The molecule has 5 N–H and O–H groups in total. The molecule has 1 aromatic carbocycles. The van der Waals surface area contributed by atoms with Gasteiger partial charge in [0.05, 0.1) is 11.0 Å². The summed E-state index contributed by atoms with van der Waals surface area (Å²) in [6.07, 6.45) is 0.374. The maximum Gasteiger partial charge on any atom is 0.261 e. The number of aromatic nitrogens is 1. The molecule has 1 aliphatic heterocycles. The molecule has 1 aromatic heterocycles. The number of carbonyl (C=O) groups is 1. The molecule has 0 radical (unpaired) electrons. The minimum Gasteiger partial charge on any atom is -0.392 e. The molecule has 2 heterocycles. The zero-order chi connectivity index (χ0) is 20.3. The number of benzene rings is 1. The van der Waals surface area contributed by atoms with E-state index in [2.05, 4.69) is 10.3 Å². The number of amides is 1. The summed E-state index contributed by atoms with van der Waals surface area (Å²) in [5, 5.41) is 17.2. The van der Waals surface area contributed by atoms with Crippen LogP contribution in [0.2, 0.25) is 0 Å². The van der Waals surface area contributed by atoms with Crippen molar-refractivity contribution in [2.75, 3.05) is 13.1 Å². The number of aliphatic hydroxyl groups excluding tert-OH is 1. The minimum atomic E-state index is -3.77. The van der Waals surface area contributed by atoms with E-state index in [0.717, 1.165) is 6.54 Å². The van der Waals surface area contributed by atoms with Crippen LogP contribution < -0.4 is 16.0 Å². The fourth-order valence-corrected chi connectivity index (χ4v) is 3.57. The third-order valence-electron chi connectivity index (χ3n) is 4.56. The second-order valence-electron chi connectivity index (χ2n) is 6.78. The first-order chi connectivity index (χ1) is 13.2. The predicted octanol–water partition coefficient (Wildman–Crippen LogP) is -0.481. The quantitative estimate of drug-likeness (QED) is 0.510. The predicted molar refractivity (Wildman–Crippen MR) is 102 cm³/mol. The van der Waals surface area contributed by atoms with Crippen LogP contribution in [0.15, 0.2) is 46.1 Å². The Morgan fingerprint density at radius 2 is 1.96 bits per heavy atom. The molecular weight excluding hydrogens is 384 g/mol. The van der Waals surface area contributed by atoms with E-state index in [1.807, 2.05) is 4.90 Å². The van der Waals surface area contributed by atoms with Crippen LogP contribution in [0, 0.1) is 0 Å². The lowest BCUT2D eigenvalue weighted by Crippen LogP contribution is -2.30. The number of aromatic amines is 1. The molecule has 0 saturated carbocycles. The number of hydrogen-bond donors (Lipinski definition) is 4. The Kier molecular flexibility index (Phi) is 5.94. The first kappa shape index (κ1) is 20.2. The number of sulfonamides is 1. The fraction of sp³-hybridized carbons (Fsp3) is 0.333. The van der Waals surface area contributed by atoms with Gasteiger partial charge in [-0.3, -0.25) is 14.5 Å². The van der Waals surface area contributed by atoms with Crippen molar-refractivity contribution in [1.82, 2.24) is 15.2 Å². The number of aliphatic hydroxyl groups is 1. The van der Waals surface area contributed by atoms with E-state index in [-0.39, 0.29) is 23.1 Å². The molecule has 0 spiro atoms. The smallest absolute Gasteiger partial charge is 0.261 e. The molecule has 1 fully saturated rings. The standard InChI is InChI=1S/C18H22N4O5S/c19-28(26,27)15-4-1-12(2-5-15)9-20-17(24)16-6-3-13(21-18(16)25)10-22-8-7-14(23)11-22/h1-6,14,23H,7-11H2,(H,20,24)(H,21,25)(H2,19,26,27)/t14-/m1/s1. The van der Waals surface area contributed by atoms with Crippen molar-refractivity contribution in [2.45, 2.75) is 30.5 Å². The molecule has 2 aromatic rings. The average molecular weight is 406 g/mol. The average Bonchev–Trinajstić information content (AvgIpc) is 3.04. The van der Waals surface area contributed by atoms with Gasteiger partial charge in [-0.2, -0.15) is 0 Å². The molecule has 0 unspecified atom stereocenters. The summed E-state index contributed by atoms with van der Waals surface area (Å²) >= 11 is 0. The molecule has 0 bridgehead atoms. The zero-order valence-corrected chi connectivity index (χ0v) is 15.9. The van der Waals surface area contributed by atoms with Crippen molar-refractivity contribution < 1.29 is 18.3 Å². The van der Waals surface area contributed by atoms with Crippen molar-refractivity contribution in [3.05, 3.63) is 63.6 Å². The maximum absolute atomic E-state index is 12.3. The number of likely N-dealkylation sites (tertiary alicyclic amines) is 1. The molecule has 9 nitrogen and oxygen atoms in total. The number of hydrogen-bond acceptors (Lipinski definition) is 6. The lowest BCUT2D eigenvalue weighted by atomic mass is 10.2. The zero-order valence-electron chi connectivity index (χ0n) is 15.1. The summed E-state index contributed by atoms with van der Waals surface area (Å²) in [7, 11) is -3.77. The summed E-state index contributed by atoms with van der Waals surface area (Å²) in [6.45, 7) is 1.96. The van der Waals surface area contributed by atoms with E-state index < -0.39 is 21.5 Å². The lowest BCUT2D eigenvalue weighted by Gasteiger charge is -2.14. The highest BCUT2D eigenvalue weighted by atomic mass is 32.2. The van der Waals surface area contributed by atoms with Gasteiger partial charge in [-0.15, -0.1) is 0 Å². The van der Waals surface area contributed by atoms with Crippen LogP contribution in [0.1, 0.15) is 28.0 Å². The Labute approximate surface area is 162 Å². The largest absolute Gasteiger partial charge is 0.392 e. The number of nitrogens with one attached hydrogen (secondary N) is 2. The van der Waals surface area contributed by atoms with Gasteiger partial charge < -0.3 is 15.4 Å². The minimum absolute atomic E-state index is 0.00800. The molecule has 1 aliphatic rings. The van der Waals surface area contributed by atoms with Gasteiger partial charge in [-0.05, 0) is 36.2 Å². The molecule has 1 atom stereocenters. The third kappa shape index (κ3) is 5.04. The number of primary sulfonamides is 1. The van der Waals surface area contributed by atoms with Gasteiger partial charge in [0, 0.05) is 31.9 Å². The van der Waals surface area contributed by atoms with Crippen molar-refractivity contribution in [3.8, 4) is 0 Å².